The van der Waals surface area contributed by atoms with Gasteiger partial charge >= 0.3 is 5.97 Å². The van der Waals surface area contributed by atoms with E-state index in [0.29, 0.717) is 12.0 Å². The van der Waals surface area contributed by atoms with Crippen molar-refractivity contribution in [2.45, 2.75) is 56.5 Å². The van der Waals surface area contributed by atoms with Gasteiger partial charge in [-0.2, -0.15) is 12.6 Å². The molecular weight excluding hydrogens is 506 g/mol. The lowest BCUT2D eigenvalue weighted by atomic mass is 10.0. The molecule has 15 heteroatoms. The Bertz CT molecular complexity index is 955. The van der Waals surface area contributed by atoms with Crippen molar-refractivity contribution >= 4 is 42.3 Å². The summed E-state index contributed by atoms with van der Waals surface area (Å²) in [4.78, 5) is 53.5. The van der Waals surface area contributed by atoms with E-state index < -0.39 is 54.0 Å². The number of aliphatic hydroxyl groups is 1. The number of guanidine groups is 1. The second kappa shape index (κ2) is 15.5. The first-order valence-electron chi connectivity index (χ1n) is 11.4. The van der Waals surface area contributed by atoms with E-state index in [9.17, 15) is 34.5 Å². The van der Waals surface area contributed by atoms with Crippen LogP contribution in [0.4, 0.5) is 0 Å². The topological polar surface area (TPSA) is 255 Å². The zero-order valence-electron chi connectivity index (χ0n) is 20.3. The number of nitrogens with one attached hydrogen (secondary N) is 3. The third-order valence-corrected chi connectivity index (χ3v) is 5.54. The van der Waals surface area contributed by atoms with E-state index >= 15 is 0 Å². The van der Waals surface area contributed by atoms with Gasteiger partial charge in [-0.1, -0.05) is 12.1 Å². The summed E-state index contributed by atoms with van der Waals surface area (Å²) in [7, 11) is 0. The molecular formula is C22H35N7O7S. The predicted octanol–water partition coefficient (Wildman–Crippen LogP) is -2.83. The van der Waals surface area contributed by atoms with Crippen LogP contribution in [0.3, 0.4) is 0 Å². The Morgan fingerprint density at radius 2 is 1.59 bits per heavy atom. The summed E-state index contributed by atoms with van der Waals surface area (Å²) in [6, 6.07) is 0.706. The van der Waals surface area contributed by atoms with Gasteiger partial charge in [0.25, 0.3) is 0 Å². The smallest absolute Gasteiger partial charge is 0.327 e. The van der Waals surface area contributed by atoms with Gasteiger partial charge in [0, 0.05) is 18.7 Å². The van der Waals surface area contributed by atoms with E-state index in [1.54, 1.807) is 0 Å². The lowest BCUT2D eigenvalue weighted by molar-refractivity contribution is -0.141. The first kappa shape index (κ1) is 31.5. The van der Waals surface area contributed by atoms with Crippen molar-refractivity contribution in [1.82, 2.24) is 16.0 Å². The number of carbonyl (C=O) groups excluding carboxylic acids is 3. The molecule has 0 aliphatic heterocycles. The minimum absolute atomic E-state index is 0.0127. The Balaban J connectivity index is 2.99. The Kier molecular flexibility index (Phi) is 13.2. The maximum Gasteiger partial charge on any atom is 0.327 e. The number of aliphatic carboxylic acids is 1. The number of nitrogens with two attached hydrogens (primary N) is 3. The van der Waals surface area contributed by atoms with Crippen LogP contribution in [0.5, 0.6) is 5.75 Å². The third-order valence-electron chi connectivity index (χ3n) is 5.17. The number of thiol groups is 1. The van der Waals surface area contributed by atoms with Crippen LogP contribution in [0.2, 0.25) is 0 Å². The van der Waals surface area contributed by atoms with E-state index in [4.69, 9.17) is 17.2 Å². The predicted molar refractivity (Wildman–Crippen MR) is 139 cm³/mol. The largest absolute Gasteiger partial charge is 0.508 e. The number of aliphatic imine (C=N–C) groups is 1. The molecule has 0 spiro atoms. The number of amides is 3. The van der Waals surface area contributed by atoms with Gasteiger partial charge in [0.2, 0.25) is 17.7 Å². The molecule has 5 unspecified atom stereocenters. The van der Waals surface area contributed by atoms with Crippen LogP contribution in [0.1, 0.15) is 25.3 Å². The Morgan fingerprint density at radius 1 is 1.00 bits per heavy atom. The summed E-state index contributed by atoms with van der Waals surface area (Å²) < 4.78 is 0. The number of carbonyl (C=O) groups is 4. The molecule has 1 rings (SSSR count). The Morgan fingerprint density at radius 3 is 2.11 bits per heavy atom. The minimum atomic E-state index is -1.47. The zero-order valence-corrected chi connectivity index (χ0v) is 21.2. The van der Waals surface area contributed by atoms with Crippen LogP contribution in [-0.2, 0) is 25.6 Å². The van der Waals surface area contributed by atoms with Crippen LogP contribution in [0, 0.1) is 0 Å². The average Bonchev–Trinajstić information content (AvgIpc) is 2.83. The van der Waals surface area contributed by atoms with Gasteiger partial charge in [0.1, 0.15) is 23.9 Å². The van der Waals surface area contributed by atoms with Crippen LogP contribution in [0.15, 0.2) is 29.3 Å². The summed E-state index contributed by atoms with van der Waals surface area (Å²) in [5.41, 5.74) is 16.9. The van der Waals surface area contributed by atoms with Crippen molar-refractivity contribution in [2.75, 3.05) is 12.3 Å². The molecule has 14 nitrogen and oxygen atoms in total. The Hall–Kier alpha value is -3.56. The van der Waals surface area contributed by atoms with Gasteiger partial charge in [-0.3, -0.25) is 19.4 Å². The normalized spacial score (nSPS) is 14.8. The molecule has 0 radical (unpaired) electrons. The lowest BCUT2D eigenvalue weighted by Crippen LogP contribution is -2.60. The molecule has 0 saturated carbocycles. The first-order valence-corrected chi connectivity index (χ1v) is 12.0. The molecule has 3 amide bonds. The molecule has 37 heavy (non-hydrogen) atoms. The van der Waals surface area contributed by atoms with E-state index in [2.05, 4.69) is 33.6 Å². The molecule has 0 heterocycles. The lowest BCUT2D eigenvalue weighted by Gasteiger charge is -2.26. The fourth-order valence-corrected chi connectivity index (χ4v) is 3.36. The van der Waals surface area contributed by atoms with Crippen LogP contribution in [0.25, 0.3) is 0 Å². The summed E-state index contributed by atoms with van der Waals surface area (Å²) in [6.07, 6.45) is -0.854. The van der Waals surface area contributed by atoms with Crippen LogP contribution in [-0.4, -0.2) is 87.5 Å². The molecule has 0 bridgehead atoms. The molecule has 0 aliphatic carbocycles. The number of benzene rings is 1. The van der Waals surface area contributed by atoms with Gasteiger partial charge in [-0.05, 0) is 37.5 Å². The van der Waals surface area contributed by atoms with Crippen molar-refractivity contribution < 1.29 is 34.5 Å². The van der Waals surface area contributed by atoms with Gasteiger partial charge in [0.05, 0.1) is 12.1 Å². The van der Waals surface area contributed by atoms with E-state index in [-0.39, 0.29) is 36.8 Å². The quantitative estimate of drug-likeness (QED) is 0.0471. The molecule has 0 saturated heterocycles. The van der Waals surface area contributed by atoms with Crippen LogP contribution >= 0.6 is 12.6 Å². The first-order chi connectivity index (χ1) is 17.3. The van der Waals surface area contributed by atoms with Gasteiger partial charge in [-0.15, -0.1) is 0 Å². The van der Waals surface area contributed by atoms with Crippen molar-refractivity contribution in [3.8, 4) is 5.75 Å². The number of carboxylic acids is 1. The number of phenols is 1. The number of carboxylic acid groups (broad SMARTS) is 1. The van der Waals surface area contributed by atoms with Gasteiger partial charge < -0.3 is 48.5 Å². The summed E-state index contributed by atoms with van der Waals surface area (Å²) in [6.45, 7) is 1.52. The fourth-order valence-electron chi connectivity index (χ4n) is 3.11. The SMILES string of the molecule is CC(O)C(NC(=O)C(N)CCCN=C(N)N)C(=O)NC(Cc1ccc(O)cc1)C(=O)NC(CS)C(=O)O. The van der Waals surface area contributed by atoms with Crippen molar-refractivity contribution in [3.63, 3.8) is 0 Å². The number of aliphatic hydroxyl groups excluding tert-OH is 1. The standard InChI is InChI=1S/C22H35N7O7S/c1-11(30)17(29-18(32)14(23)3-2-8-26-22(24)25)20(34)27-15(9-12-4-6-13(31)7-5-12)19(33)28-16(10-37)21(35)36/h4-7,11,14-17,30-31,37H,2-3,8-10,23H2,1H3,(H,27,34)(H,28,33)(H,29,32)(H,35,36)(H4,24,25,26). The second-order valence-corrected chi connectivity index (χ2v) is 8.66. The number of hydrogen-bond acceptors (Lipinski definition) is 9. The molecule has 0 fully saturated rings. The molecule has 0 aromatic heterocycles. The van der Waals surface area contributed by atoms with Crippen molar-refractivity contribution in [1.29, 1.82) is 0 Å². The highest BCUT2D eigenvalue weighted by atomic mass is 32.1. The van der Waals surface area contributed by atoms with Gasteiger partial charge in [0.15, 0.2) is 5.96 Å². The number of nitrogens with zero attached hydrogens (tertiary/aromatic N) is 1. The fraction of sp³-hybridized carbons (Fsp3) is 0.500. The van der Waals surface area contributed by atoms with Crippen LogP contribution < -0.4 is 33.2 Å². The van der Waals surface area contributed by atoms with Crippen molar-refractivity contribution in [3.05, 3.63) is 29.8 Å². The minimum Gasteiger partial charge on any atom is -0.508 e. The number of hydrogen-bond donors (Lipinski definition) is 10. The van der Waals surface area contributed by atoms with Gasteiger partial charge in [-0.25, -0.2) is 4.79 Å². The molecule has 5 atom stereocenters. The van der Waals surface area contributed by atoms with Crippen molar-refractivity contribution in [2.24, 2.45) is 22.2 Å². The molecule has 1 aromatic carbocycles. The monoisotopic (exact) mass is 541 g/mol. The highest BCUT2D eigenvalue weighted by molar-refractivity contribution is 7.80. The molecule has 1 aromatic rings. The number of aromatic hydroxyl groups is 1. The second-order valence-electron chi connectivity index (χ2n) is 8.30. The summed E-state index contributed by atoms with van der Waals surface area (Å²) >= 11 is 3.91. The molecule has 0 aliphatic rings. The van der Waals surface area contributed by atoms with E-state index in [0.717, 1.165) is 0 Å². The summed E-state index contributed by atoms with van der Waals surface area (Å²) in [5, 5.41) is 36.0. The van der Waals surface area contributed by atoms with E-state index in [1.807, 2.05) is 0 Å². The van der Waals surface area contributed by atoms with E-state index in [1.165, 1.54) is 31.2 Å². The maximum absolute atomic E-state index is 13.0. The zero-order chi connectivity index (χ0) is 28.1. The maximum atomic E-state index is 13.0. The highest BCUT2D eigenvalue weighted by Crippen LogP contribution is 2.12. The molecule has 206 valence electrons. The number of phenolic OH excluding ortho intramolecular Hbond substituents is 1. The average molecular weight is 542 g/mol. The highest BCUT2D eigenvalue weighted by Gasteiger charge is 2.32. The summed E-state index contributed by atoms with van der Waals surface area (Å²) in [5.74, 6) is -4.07. The Labute approximate surface area is 219 Å². The third kappa shape index (κ3) is 11.4. The molecule has 12 N–H and O–H groups in total. The number of rotatable bonds is 15.